The van der Waals surface area contributed by atoms with E-state index in [2.05, 4.69) is 4.98 Å². The van der Waals surface area contributed by atoms with Crippen LogP contribution in [0.5, 0.6) is 5.88 Å². The molecule has 19 heavy (non-hydrogen) atoms. The third-order valence-corrected chi connectivity index (χ3v) is 2.90. The number of fused-ring (bicyclic) bond motifs is 2. The molecule has 2 aromatic rings. The van der Waals surface area contributed by atoms with E-state index in [9.17, 15) is 9.59 Å². The molecule has 96 valence electrons. The van der Waals surface area contributed by atoms with Crippen molar-refractivity contribution in [3.8, 4) is 17.3 Å². The van der Waals surface area contributed by atoms with Gasteiger partial charge in [0.25, 0.3) is 0 Å². The van der Waals surface area contributed by atoms with E-state index in [-0.39, 0.29) is 5.88 Å². The van der Waals surface area contributed by atoms with Gasteiger partial charge in [-0.15, -0.1) is 0 Å². The molecule has 0 amide bonds. The second kappa shape index (κ2) is 4.10. The summed E-state index contributed by atoms with van der Waals surface area (Å²) < 4.78 is 5.99. The van der Waals surface area contributed by atoms with Crippen molar-refractivity contribution in [1.82, 2.24) is 9.71 Å². The second-order valence-corrected chi connectivity index (χ2v) is 4.33. The van der Waals surface area contributed by atoms with Crippen molar-refractivity contribution in [3.05, 3.63) is 35.0 Å². The lowest BCUT2D eigenvalue weighted by Gasteiger charge is -2.07. The zero-order valence-corrected chi connectivity index (χ0v) is 10.5. The van der Waals surface area contributed by atoms with Gasteiger partial charge in [-0.1, -0.05) is 11.6 Å². The van der Waals surface area contributed by atoms with E-state index in [1.807, 2.05) is 0 Å². The lowest BCUT2D eigenvalue weighted by Crippen LogP contribution is -2.30. The van der Waals surface area contributed by atoms with Gasteiger partial charge in [0.05, 0.1) is 0 Å². The predicted octanol–water partition coefficient (Wildman–Crippen LogP) is 1.39. The van der Waals surface area contributed by atoms with Crippen LogP contribution in [0.15, 0.2) is 24.3 Å². The molecular formula is C12H7ClN2O4. The zero-order valence-electron chi connectivity index (χ0n) is 9.71. The average molecular weight is 279 g/mol. The van der Waals surface area contributed by atoms with E-state index in [1.54, 1.807) is 31.2 Å². The lowest BCUT2D eigenvalue weighted by atomic mass is 10.2. The van der Waals surface area contributed by atoms with Crippen molar-refractivity contribution < 1.29 is 19.2 Å². The van der Waals surface area contributed by atoms with Crippen LogP contribution in [0.2, 0.25) is 5.02 Å². The van der Waals surface area contributed by atoms with Gasteiger partial charge < -0.3 is 9.57 Å². The quantitative estimate of drug-likeness (QED) is 0.582. The first kappa shape index (κ1) is 11.7. The fourth-order valence-electron chi connectivity index (χ4n) is 1.71. The Morgan fingerprint density at radius 2 is 1.84 bits per heavy atom. The van der Waals surface area contributed by atoms with Gasteiger partial charge in [0.2, 0.25) is 5.88 Å². The molecule has 0 aliphatic carbocycles. The summed E-state index contributed by atoms with van der Waals surface area (Å²) in [6.07, 6.45) is 0. The summed E-state index contributed by atoms with van der Waals surface area (Å²) in [7, 11) is 0. The average Bonchev–Trinajstić information content (AvgIpc) is 2.62. The highest BCUT2D eigenvalue weighted by Gasteiger charge is 2.31. The molecule has 1 aliphatic heterocycles. The molecule has 0 radical (unpaired) electrons. The predicted molar refractivity (Wildman–Crippen MR) is 64.6 cm³/mol. The Bertz CT molecular complexity index is 691. The maximum absolute atomic E-state index is 11.3. The van der Waals surface area contributed by atoms with E-state index in [4.69, 9.17) is 21.2 Å². The fraction of sp³-hybridized carbons (Fsp3) is 0.0833. The molecule has 0 atom stereocenters. The first-order valence-electron chi connectivity index (χ1n) is 5.36. The molecule has 0 N–H and O–H groups in total. The number of ether oxygens (including phenoxy) is 1. The number of carbonyl (C=O) groups excluding carboxylic acids is 2. The summed E-state index contributed by atoms with van der Waals surface area (Å²) in [4.78, 5) is 31.6. The third-order valence-electron chi connectivity index (χ3n) is 2.65. The summed E-state index contributed by atoms with van der Waals surface area (Å²) in [6.45, 7) is 1.63. The largest absolute Gasteiger partial charge is 0.442 e. The summed E-state index contributed by atoms with van der Waals surface area (Å²) in [5.74, 6) is -1.75. The molecule has 1 aromatic carbocycles. The molecule has 0 unspecified atom stereocenters. The van der Waals surface area contributed by atoms with E-state index in [1.165, 1.54) is 4.73 Å². The topological polar surface area (TPSA) is 70.4 Å². The summed E-state index contributed by atoms with van der Waals surface area (Å²) in [5.41, 5.74) is 1.12. The van der Waals surface area contributed by atoms with Crippen LogP contribution in [0.4, 0.5) is 0 Å². The maximum atomic E-state index is 11.3. The first-order chi connectivity index (χ1) is 9.06. The highest BCUT2D eigenvalue weighted by Crippen LogP contribution is 2.28. The Kier molecular flexibility index (Phi) is 2.53. The third kappa shape index (κ3) is 1.86. The van der Waals surface area contributed by atoms with Crippen LogP contribution in [0.25, 0.3) is 11.4 Å². The number of carbonyl (C=O) groups is 2. The number of nitrogens with zero attached hydrogens (tertiary/aromatic N) is 2. The smallest absolute Gasteiger partial charge is 0.397 e. The number of aromatic nitrogens is 2. The Labute approximate surface area is 112 Å². The van der Waals surface area contributed by atoms with Gasteiger partial charge in [-0.05, 0) is 31.2 Å². The van der Waals surface area contributed by atoms with Gasteiger partial charge in [-0.2, -0.15) is 9.71 Å². The number of imidazole rings is 1. The number of hydrogen-bond donors (Lipinski definition) is 0. The van der Waals surface area contributed by atoms with Gasteiger partial charge in [-0.3, -0.25) is 0 Å². The van der Waals surface area contributed by atoms with Gasteiger partial charge >= 0.3 is 11.9 Å². The summed E-state index contributed by atoms with van der Waals surface area (Å²) in [5, 5.41) is 0.578. The highest BCUT2D eigenvalue weighted by atomic mass is 35.5. The minimum absolute atomic E-state index is 0.0563. The van der Waals surface area contributed by atoms with Crippen LogP contribution < -0.4 is 9.57 Å². The lowest BCUT2D eigenvalue weighted by molar-refractivity contribution is -0.161. The Morgan fingerprint density at radius 3 is 2.53 bits per heavy atom. The van der Waals surface area contributed by atoms with Crippen molar-refractivity contribution in [2.75, 3.05) is 0 Å². The Hall–Kier alpha value is -2.34. The van der Waals surface area contributed by atoms with Crippen molar-refractivity contribution >= 4 is 23.5 Å². The van der Waals surface area contributed by atoms with Gasteiger partial charge in [0, 0.05) is 10.6 Å². The van der Waals surface area contributed by atoms with Gasteiger partial charge in [0.15, 0.2) is 5.82 Å². The number of benzene rings is 1. The minimum Gasteiger partial charge on any atom is -0.397 e. The van der Waals surface area contributed by atoms with Crippen LogP contribution in [-0.4, -0.2) is 21.7 Å². The molecule has 2 heterocycles. The molecule has 7 heteroatoms. The van der Waals surface area contributed by atoms with E-state index < -0.39 is 11.9 Å². The molecule has 0 saturated heterocycles. The van der Waals surface area contributed by atoms with Crippen molar-refractivity contribution in [1.29, 1.82) is 0 Å². The van der Waals surface area contributed by atoms with Crippen LogP contribution in [0.3, 0.4) is 0 Å². The molecule has 0 spiro atoms. The summed E-state index contributed by atoms with van der Waals surface area (Å²) in [6, 6.07) is 6.82. The normalized spacial score (nSPS) is 13.8. The fourth-order valence-corrected chi connectivity index (χ4v) is 1.83. The monoisotopic (exact) mass is 278 g/mol. The molecule has 0 fully saturated rings. The van der Waals surface area contributed by atoms with E-state index in [0.717, 1.165) is 0 Å². The van der Waals surface area contributed by atoms with Crippen molar-refractivity contribution in [2.24, 2.45) is 0 Å². The summed E-state index contributed by atoms with van der Waals surface area (Å²) >= 11 is 5.81. The molecule has 1 aromatic heterocycles. The zero-order chi connectivity index (χ0) is 13.6. The molecule has 1 aliphatic rings. The second-order valence-electron chi connectivity index (χ2n) is 3.90. The molecule has 2 bridgehead atoms. The Morgan fingerprint density at radius 1 is 1.16 bits per heavy atom. The minimum atomic E-state index is -1.09. The SMILES string of the molecule is Cc1c2nc(-c3ccc(Cl)cc3)n1OC(=O)C(=O)O2. The van der Waals surface area contributed by atoms with Gasteiger partial charge in [-0.25, -0.2) is 9.59 Å². The molecule has 0 saturated carbocycles. The number of halogens is 1. The highest BCUT2D eigenvalue weighted by molar-refractivity contribution is 6.31. The van der Waals surface area contributed by atoms with Crippen molar-refractivity contribution in [3.63, 3.8) is 0 Å². The van der Waals surface area contributed by atoms with Crippen LogP contribution in [0.1, 0.15) is 5.69 Å². The Balaban J connectivity index is 2.15. The number of rotatable bonds is 1. The van der Waals surface area contributed by atoms with Gasteiger partial charge in [0.1, 0.15) is 5.69 Å². The van der Waals surface area contributed by atoms with Crippen LogP contribution in [-0.2, 0) is 9.59 Å². The van der Waals surface area contributed by atoms with E-state index >= 15 is 0 Å². The number of hydrogen-bond acceptors (Lipinski definition) is 5. The molecular weight excluding hydrogens is 272 g/mol. The first-order valence-corrected chi connectivity index (χ1v) is 5.74. The van der Waals surface area contributed by atoms with Crippen LogP contribution >= 0.6 is 11.6 Å². The van der Waals surface area contributed by atoms with Crippen molar-refractivity contribution in [2.45, 2.75) is 6.92 Å². The molecule has 6 nitrogen and oxygen atoms in total. The standard InChI is InChI=1S/C12H7ClN2O4/c1-6-10-14-9(7-2-4-8(13)5-3-7)15(6)19-12(17)11(16)18-10/h2-5H,1H3. The molecule has 3 rings (SSSR count). The number of esters is 1. The van der Waals surface area contributed by atoms with E-state index in [0.29, 0.717) is 22.1 Å². The van der Waals surface area contributed by atoms with Crippen LogP contribution in [0, 0.1) is 6.92 Å². The maximum Gasteiger partial charge on any atom is 0.442 e.